The summed E-state index contributed by atoms with van der Waals surface area (Å²) in [6, 6.07) is 2.58. The lowest BCUT2D eigenvalue weighted by molar-refractivity contribution is -0.132. The van der Waals surface area contributed by atoms with Crippen LogP contribution in [0.2, 0.25) is 0 Å². The van der Waals surface area contributed by atoms with Gasteiger partial charge in [-0.3, -0.25) is 14.5 Å². The smallest absolute Gasteiger partial charge is 0.227 e. The quantitative estimate of drug-likeness (QED) is 0.842. The van der Waals surface area contributed by atoms with Gasteiger partial charge in [-0.15, -0.1) is 0 Å². The third-order valence-corrected chi connectivity index (χ3v) is 7.77. The lowest BCUT2D eigenvalue weighted by atomic mass is 9.75. The van der Waals surface area contributed by atoms with E-state index in [1.165, 1.54) is 12.8 Å². The van der Waals surface area contributed by atoms with E-state index in [9.17, 15) is 9.59 Å². The molecule has 1 aromatic heterocycles. The Morgan fingerprint density at radius 2 is 2.15 bits per heavy atom. The van der Waals surface area contributed by atoms with Crippen molar-refractivity contribution < 1.29 is 9.59 Å². The molecule has 0 aliphatic carbocycles. The summed E-state index contributed by atoms with van der Waals surface area (Å²) in [5.74, 6) is 0.994. The molecule has 1 N–H and O–H groups in total. The van der Waals surface area contributed by atoms with Crippen LogP contribution in [-0.2, 0) is 16.0 Å². The van der Waals surface area contributed by atoms with E-state index in [2.05, 4.69) is 29.4 Å². The van der Waals surface area contributed by atoms with Crippen LogP contribution in [0, 0.1) is 11.8 Å². The molecule has 0 radical (unpaired) electrons. The highest BCUT2D eigenvalue weighted by Gasteiger charge is 2.57. The third-order valence-electron chi connectivity index (χ3n) is 7.04. The SMILES string of the molecule is CCC[C@H](C)N1C[C@H]2C(=O)NC3(CCN(C(=O)Cc4ccsc4)CC3)[C@H]2C1. The van der Waals surface area contributed by atoms with Crippen LogP contribution in [-0.4, -0.2) is 59.4 Å². The van der Waals surface area contributed by atoms with Gasteiger partial charge < -0.3 is 10.2 Å². The standard InChI is InChI=1S/C21H31N3O2S/c1-3-4-15(2)24-12-17-18(13-24)21(22-20(17)26)6-8-23(9-7-21)19(25)11-16-5-10-27-14-16/h5,10,14-15,17-18H,3-4,6-9,11-13H2,1-2H3,(H,22,26)/t15-,17+,18-/m0/s1. The lowest BCUT2D eigenvalue weighted by Gasteiger charge is -2.43. The highest BCUT2D eigenvalue weighted by molar-refractivity contribution is 7.08. The highest BCUT2D eigenvalue weighted by atomic mass is 32.1. The molecule has 0 aromatic carbocycles. The minimum absolute atomic E-state index is 0.0956. The van der Waals surface area contributed by atoms with E-state index >= 15 is 0 Å². The third kappa shape index (κ3) is 3.54. The van der Waals surface area contributed by atoms with Gasteiger partial charge in [-0.25, -0.2) is 0 Å². The number of nitrogens with one attached hydrogen (secondary N) is 1. The zero-order valence-electron chi connectivity index (χ0n) is 16.4. The second kappa shape index (κ2) is 7.55. The van der Waals surface area contributed by atoms with E-state index in [4.69, 9.17) is 0 Å². The minimum atomic E-state index is -0.0956. The number of hydrogen-bond acceptors (Lipinski definition) is 4. The van der Waals surface area contributed by atoms with E-state index in [-0.39, 0.29) is 23.3 Å². The van der Waals surface area contributed by atoms with Gasteiger partial charge >= 0.3 is 0 Å². The molecule has 0 bridgehead atoms. The number of carbonyl (C=O) groups excluding carboxylic acids is 2. The Morgan fingerprint density at radius 3 is 2.81 bits per heavy atom. The van der Waals surface area contributed by atoms with E-state index in [0.29, 0.717) is 18.4 Å². The Bertz CT molecular complexity index is 682. The van der Waals surface area contributed by atoms with Crippen LogP contribution in [0.25, 0.3) is 0 Å². The summed E-state index contributed by atoms with van der Waals surface area (Å²) < 4.78 is 0. The number of likely N-dealkylation sites (tertiary alicyclic amines) is 2. The van der Waals surface area contributed by atoms with Crippen molar-refractivity contribution in [2.45, 2.75) is 57.5 Å². The molecule has 3 atom stereocenters. The lowest BCUT2D eigenvalue weighted by Crippen LogP contribution is -2.56. The molecule has 0 unspecified atom stereocenters. The molecule has 4 heterocycles. The van der Waals surface area contributed by atoms with E-state index < -0.39 is 0 Å². The molecule has 3 fully saturated rings. The van der Waals surface area contributed by atoms with Crippen LogP contribution >= 0.6 is 11.3 Å². The maximum Gasteiger partial charge on any atom is 0.227 e. The van der Waals surface area contributed by atoms with E-state index in [0.717, 1.165) is 44.6 Å². The molecule has 4 rings (SSSR count). The first-order chi connectivity index (χ1) is 13.0. The van der Waals surface area contributed by atoms with Crippen molar-refractivity contribution in [2.24, 2.45) is 11.8 Å². The van der Waals surface area contributed by atoms with Gasteiger partial charge in [0, 0.05) is 43.7 Å². The topological polar surface area (TPSA) is 52.7 Å². The van der Waals surface area contributed by atoms with Crippen molar-refractivity contribution in [1.82, 2.24) is 15.1 Å². The highest BCUT2D eigenvalue weighted by Crippen LogP contribution is 2.44. The maximum absolute atomic E-state index is 12.7. The zero-order chi connectivity index (χ0) is 19.0. The molecule has 0 saturated carbocycles. The van der Waals surface area contributed by atoms with Gasteiger partial charge in [0.05, 0.1) is 12.3 Å². The number of thiophene rings is 1. The first kappa shape index (κ1) is 18.9. The number of nitrogens with zero attached hydrogens (tertiary/aromatic N) is 2. The minimum Gasteiger partial charge on any atom is -0.350 e. The summed E-state index contributed by atoms with van der Waals surface area (Å²) in [4.78, 5) is 29.8. The van der Waals surface area contributed by atoms with E-state index in [1.807, 2.05) is 16.3 Å². The van der Waals surface area contributed by atoms with Gasteiger partial charge in [0.1, 0.15) is 0 Å². The Morgan fingerprint density at radius 1 is 1.37 bits per heavy atom. The normalized spacial score (nSPS) is 28.4. The molecular formula is C21H31N3O2S. The second-order valence-electron chi connectivity index (χ2n) is 8.64. The summed E-state index contributed by atoms with van der Waals surface area (Å²) in [6.07, 6.45) is 4.66. The number of fused-ring (bicyclic) bond motifs is 2. The van der Waals surface area contributed by atoms with Crippen molar-refractivity contribution >= 4 is 23.2 Å². The van der Waals surface area contributed by atoms with Crippen molar-refractivity contribution in [2.75, 3.05) is 26.2 Å². The fourth-order valence-corrected chi connectivity index (χ4v) is 6.05. The van der Waals surface area contributed by atoms with Gasteiger partial charge in [-0.2, -0.15) is 11.3 Å². The van der Waals surface area contributed by atoms with Crippen molar-refractivity contribution in [3.8, 4) is 0 Å². The number of hydrogen-bond donors (Lipinski definition) is 1. The van der Waals surface area contributed by atoms with Gasteiger partial charge in [-0.05, 0) is 48.6 Å². The Kier molecular flexibility index (Phi) is 5.30. The number of rotatable bonds is 5. The maximum atomic E-state index is 12.7. The molecule has 1 spiro atoms. The van der Waals surface area contributed by atoms with Gasteiger partial charge in [0.15, 0.2) is 0 Å². The monoisotopic (exact) mass is 389 g/mol. The Balaban J connectivity index is 1.39. The largest absolute Gasteiger partial charge is 0.350 e. The molecule has 1 aromatic rings. The van der Waals surface area contributed by atoms with Crippen LogP contribution in [0.5, 0.6) is 0 Å². The molecule has 3 saturated heterocycles. The Hall–Kier alpha value is -1.40. The second-order valence-corrected chi connectivity index (χ2v) is 9.42. The molecule has 3 aliphatic rings. The number of piperidine rings is 1. The molecule has 5 nitrogen and oxygen atoms in total. The molecule has 6 heteroatoms. The van der Waals surface area contributed by atoms with E-state index in [1.54, 1.807) is 11.3 Å². The van der Waals surface area contributed by atoms with Crippen molar-refractivity contribution in [3.63, 3.8) is 0 Å². The first-order valence-electron chi connectivity index (χ1n) is 10.4. The summed E-state index contributed by atoms with van der Waals surface area (Å²) in [7, 11) is 0. The van der Waals surface area contributed by atoms with Crippen molar-refractivity contribution in [3.05, 3.63) is 22.4 Å². The van der Waals surface area contributed by atoms with Crippen LogP contribution in [0.4, 0.5) is 0 Å². The average molecular weight is 390 g/mol. The molecule has 27 heavy (non-hydrogen) atoms. The predicted octanol–water partition coefficient (Wildman–Crippen LogP) is 2.52. The van der Waals surface area contributed by atoms with Crippen LogP contribution < -0.4 is 5.32 Å². The fraction of sp³-hybridized carbons (Fsp3) is 0.714. The van der Waals surface area contributed by atoms with Crippen LogP contribution in [0.3, 0.4) is 0 Å². The number of carbonyl (C=O) groups is 2. The average Bonchev–Trinajstić information content (AvgIpc) is 3.36. The van der Waals surface area contributed by atoms with Gasteiger partial charge in [-0.1, -0.05) is 13.3 Å². The Labute approximate surface area is 166 Å². The summed E-state index contributed by atoms with van der Waals surface area (Å²) >= 11 is 1.64. The molecule has 148 valence electrons. The summed E-state index contributed by atoms with van der Waals surface area (Å²) in [5, 5.41) is 7.44. The molecule has 2 amide bonds. The van der Waals surface area contributed by atoms with Crippen LogP contribution in [0.15, 0.2) is 16.8 Å². The molecule has 3 aliphatic heterocycles. The summed E-state index contributed by atoms with van der Waals surface area (Å²) in [6.45, 7) is 7.97. The molecular weight excluding hydrogens is 358 g/mol. The van der Waals surface area contributed by atoms with Gasteiger partial charge in [0.25, 0.3) is 0 Å². The van der Waals surface area contributed by atoms with Crippen molar-refractivity contribution in [1.29, 1.82) is 0 Å². The van der Waals surface area contributed by atoms with Gasteiger partial charge in [0.2, 0.25) is 11.8 Å². The predicted molar refractivity (Wildman–Crippen MR) is 108 cm³/mol. The summed E-state index contributed by atoms with van der Waals surface area (Å²) in [5.41, 5.74) is 1.01. The first-order valence-corrected chi connectivity index (χ1v) is 11.3. The zero-order valence-corrected chi connectivity index (χ0v) is 17.3. The number of amides is 2. The van der Waals surface area contributed by atoms with Crippen LogP contribution in [0.1, 0.15) is 45.1 Å². The fourth-order valence-electron chi connectivity index (χ4n) is 5.38.